The molecule has 0 amide bonds. The molecule has 2 heterocycles. The molecule has 0 atom stereocenters. The second kappa shape index (κ2) is 4.33. The Kier molecular flexibility index (Phi) is 3.30. The monoisotopic (exact) mass is 273 g/mol. The summed E-state index contributed by atoms with van der Waals surface area (Å²) in [5.41, 5.74) is 0.568. The van der Waals surface area contributed by atoms with E-state index in [-0.39, 0.29) is 0 Å². The Morgan fingerprint density at radius 1 is 1.50 bits per heavy atom. The maximum absolute atomic E-state index is 3.52. The zero-order chi connectivity index (χ0) is 10.0. The first-order valence-corrected chi connectivity index (χ1v) is 6.80. The molecule has 1 saturated heterocycles. The molecule has 0 spiro atoms. The van der Waals surface area contributed by atoms with Gasteiger partial charge in [-0.2, -0.15) is 0 Å². The summed E-state index contributed by atoms with van der Waals surface area (Å²) in [4.78, 5) is 1.52. The third-order valence-electron chi connectivity index (χ3n) is 2.96. The quantitative estimate of drug-likeness (QED) is 0.886. The van der Waals surface area contributed by atoms with Gasteiger partial charge >= 0.3 is 0 Å². The molecule has 1 aromatic heterocycles. The summed E-state index contributed by atoms with van der Waals surface area (Å²) in [5, 5.41) is 3.41. The summed E-state index contributed by atoms with van der Waals surface area (Å²) in [6.45, 7) is 4.69. The van der Waals surface area contributed by atoms with Crippen molar-refractivity contribution in [1.29, 1.82) is 0 Å². The summed E-state index contributed by atoms with van der Waals surface area (Å²) in [7, 11) is 0. The van der Waals surface area contributed by atoms with Crippen molar-refractivity contribution < 1.29 is 0 Å². The maximum Gasteiger partial charge on any atom is 0.0701 e. The molecular formula is C11H16BrNS. The molecule has 1 aliphatic rings. The van der Waals surface area contributed by atoms with E-state index < -0.39 is 0 Å². The normalized spacial score (nSPS) is 19.3. The van der Waals surface area contributed by atoms with Crippen molar-refractivity contribution in [3.63, 3.8) is 0 Å². The lowest BCUT2D eigenvalue weighted by molar-refractivity contribution is 0.152. The maximum atomic E-state index is 3.52. The van der Waals surface area contributed by atoms with Crippen molar-refractivity contribution in [2.24, 2.45) is 5.41 Å². The van der Waals surface area contributed by atoms with Crippen LogP contribution in [0.4, 0.5) is 0 Å². The molecule has 0 radical (unpaired) electrons. The van der Waals surface area contributed by atoms with Gasteiger partial charge in [0.25, 0.3) is 0 Å². The highest BCUT2D eigenvalue weighted by atomic mass is 79.9. The highest BCUT2D eigenvalue weighted by molar-refractivity contribution is 9.11. The first-order chi connectivity index (χ1) is 6.74. The van der Waals surface area contributed by atoms with Gasteiger partial charge in [-0.25, -0.2) is 0 Å². The largest absolute Gasteiger partial charge is 0.316 e. The summed E-state index contributed by atoms with van der Waals surface area (Å²) in [5.74, 6) is 0. The Hall–Kier alpha value is 0.140. The van der Waals surface area contributed by atoms with Gasteiger partial charge in [0.05, 0.1) is 3.79 Å². The minimum absolute atomic E-state index is 0.568. The van der Waals surface area contributed by atoms with Gasteiger partial charge in [-0.05, 0) is 40.9 Å². The van der Waals surface area contributed by atoms with Crippen LogP contribution in [0.2, 0.25) is 0 Å². The van der Waals surface area contributed by atoms with Gasteiger partial charge in [0, 0.05) is 23.4 Å². The van der Waals surface area contributed by atoms with Crippen LogP contribution in [-0.4, -0.2) is 13.1 Å². The molecule has 1 aliphatic heterocycles. The van der Waals surface area contributed by atoms with Gasteiger partial charge in [0.15, 0.2) is 0 Å². The number of nitrogens with one attached hydrogen (secondary N) is 1. The van der Waals surface area contributed by atoms with Crippen LogP contribution in [0.25, 0.3) is 0 Å². The second-order valence-corrected chi connectivity index (χ2v) is 6.78. The van der Waals surface area contributed by atoms with Crippen LogP contribution in [0, 0.1) is 5.41 Å². The number of halogens is 1. The molecule has 1 aromatic rings. The predicted octanol–water partition coefficient (Wildman–Crippen LogP) is 3.44. The van der Waals surface area contributed by atoms with E-state index >= 15 is 0 Å². The van der Waals surface area contributed by atoms with E-state index in [0.29, 0.717) is 5.41 Å². The van der Waals surface area contributed by atoms with Gasteiger partial charge in [0.2, 0.25) is 0 Å². The average molecular weight is 274 g/mol. The van der Waals surface area contributed by atoms with Crippen molar-refractivity contribution in [2.45, 2.75) is 26.2 Å². The van der Waals surface area contributed by atoms with Crippen molar-refractivity contribution in [3.8, 4) is 0 Å². The minimum atomic E-state index is 0.568. The zero-order valence-electron chi connectivity index (χ0n) is 8.48. The van der Waals surface area contributed by atoms with Gasteiger partial charge < -0.3 is 5.32 Å². The lowest BCUT2D eigenvalue weighted by atomic mass is 9.74. The van der Waals surface area contributed by atoms with E-state index in [2.05, 4.69) is 40.3 Å². The summed E-state index contributed by atoms with van der Waals surface area (Å²) >= 11 is 5.40. The van der Waals surface area contributed by atoms with E-state index in [4.69, 9.17) is 0 Å². The molecule has 0 unspecified atom stereocenters. The Balaban J connectivity index is 2.01. The zero-order valence-corrected chi connectivity index (χ0v) is 10.9. The van der Waals surface area contributed by atoms with Crippen LogP contribution in [0.3, 0.4) is 0 Å². The fraction of sp³-hybridized carbons (Fsp3) is 0.636. The van der Waals surface area contributed by atoms with E-state index in [1.807, 2.05) is 11.3 Å². The highest BCUT2D eigenvalue weighted by Crippen LogP contribution is 2.35. The number of hydrogen-bond donors (Lipinski definition) is 1. The summed E-state index contributed by atoms with van der Waals surface area (Å²) in [6.07, 6.45) is 3.91. The van der Waals surface area contributed by atoms with Crippen LogP contribution in [0.5, 0.6) is 0 Å². The Labute approximate surface area is 98.0 Å². The summed E-state index contributed by atoms with van der Waals surface area (Å²) in [6, 6.07) is 4.41. The fourth-order valence-electron chi connectivity index (χ4n) is 2.22. The van der Waals surface area contributed by atoms with E-state index in [1.165, 1.54) is 41.0 Å². The highest BCUT2D eigenvalue weighted by Gasteiger charge is 2.36. The van der Waals surface area contributed by atoms with Crippen LogP contribution >= 0.6 is 27.3 Å². The van der Waals surface area contributed by atoms with Crippen LogP contribution in [0.15, 0.2) is 15.9 Å². The van der Waals surface area contributed by atoms with Crippen molar-refractivity contribution in [1.82, 2.24) is 5.32 Å². The van der Waals surface area contributed by atoms with Crippen molar-refractivity contribution in [2.75, 3.05) is 13.1 Å². The Morgan fingerprint density at radius 3 is 2.71 bits per heavy atom. The van der Waals surface area contributed by atoms with Crippen LogP contribution in [-0.2, 0) is 6.42 Å². The molecule has 0 aromatic carbocycles. The second-order valence-electron chi connectivity index (χ2n) is 4.24. The Bertz CT molecular complexity index is 304. The van der Waals surface area contributed by atoms with Gasteiger partial charge in [-0.15, -0.1) is 11.3 Å². The first kappa shape index (κ1) is 10.7. The third kappa shape index (κ3) is 2.20. The molecule has 0 bridgehead atoms. The first-order valence-electron chi connectivity index (χ1n) is 5.19. The van der Waals surface area contributed by atoms with Gasteiger partial charge in [-0.1, -0.05) is 13.3 Å². The van der Waals surface area contributed by atoms with E-state index in [0.717, 1.165) is 0 Å². The lowest BCUT2D eigenvalue weighted by Gasteiger charge is -2.42. The summed E-state index contributed by atoms with van der Waals surface area (Å²) < 4.78 is 1.26. The van der Waals surface area contributed by atoms with Gasteiger partial charge in [0.1, 0.15) is 0 Å². The van der Waals surface area contributed by atoms with E-state index in [1.54, 1.807) is 0 Å². The molecule has 2 rings (SSSR count). The Morgan fingerprint density at radius 2 is 2.29 bits per heavy atom. The average Bonchev–Trinajstić information content (AvgIpc) is 2.48. The minimum Gasteiger partial charge on any atom is -0.316 e. The molecule has 78 valence electrons. The standard InChI is InChI=1S/C11H16BrNS/c1-2-5-11(7-13-8-11)6-9-3-4-10(12)14-9/h3-4,13H,2,5-8H2,1H3. The molecule has 14 heavy (non-hydrogen) atoms. The van der Waals surface area contributed by atoms with E-state index in [9.17, 15) is 0 Å². The predicted molar refractivity (Wildman–Crippen MR) is 65.9 cm³/mol. The third-order valence-corrected chi connectivity index (χ3v) is 4.58. The van der Waals surface area contributed by atoms with Gasteiger partial charge in [-0.3, -0.25) is 0 Å². The molecule has 3 heteroatoms. The van der Waals surface area contributed by atoms with Crippen LogP contribution < -0.4 is 5.32 Å². The molecule has 0 aliphatic carbocycles. The fourth-order valence-corrected chi connectivity index (χ4v) is 3.87. The molecule has 1 fully saturated rings. The topological polar surface area (TPSA) is 12.0 Å². The molecule has 0 saturated carbocycles. The number of hydrogen-bond acceptors (Lipinski definition) is 2. The lowest BCUT2D eigenvalue weighted by Crippen LogP contribution is -2.54. The molecular weight excluding hydrogens is 258 g/mol. The number of thiophene rings is 1. The van der Waals surface area contributed by atoms with Crippen LogP contribution in [0.1, 0.15) is 24.6 Å². The number of rotatable bonds is 4. The molecule has 1 N–H and O–H groups in total. The van der Waals surface area contributed by atoms with Crippen molar-refractivity contribution >= 4 is 27.3 Å². The smallest absolute Gasteiger partial charge is 0.0701 e. The SMILES string of the molecule is CCCC1(Cc2ccc(Br)s2)CNC1. The van der Waals surface area contributed by atoms with Crippen molar-refractivity contribution in [3.05, 3.63) is 20.8 Å². The molecule has 1 nitrogen and oxygen atoms in total.